The fraction of sp³-hybridized carbons (Fsp3) is 0.233. The first kappa shape index (κ1) is 24.2. The zero-order chi connectivity index (χ0) is 27.2. The Hall–Kier alpha value is -4.86. The summed E-state index contributed by atoms with van der Waals surface area (Å²) in [4.78, 5) is 22.4. The lowest BCUT2D eigenvalue weighted by molar-refractivity contribution is 0.0977. The van der Waals surface area contributed by atoms with E-state index in [1.807, 2.05) is 51.7 Å². The first-order valence-corrected chi connectivity index (χ1v) is 13.3. The number of hydrogen-bond donors (Lipinski definition) is 0. The van der Waals surface area contributed by atoms with Crippen LogP contribution in [0.1, 0.15) is 52.5 Å². The zero-order valence-electron chi connectivity index (χ0n) is 21.9. The van der Waals surface area contributed by atoms with Crippen LogP contribution in [0, 0.1) is 5.82 Å². The highest BCUT2D eigenvalue weighted by Crippen LogP contribution is 2.40. The molecular formula is C30H26FN7O2. The summed E-state index contributed by atoms with van der Waals surface area (Å²) in [5.41, 5.74) is 5.64. The summed E-state index contributed by atoms with van der Waals surface area (Å²) in [6.07, 6.45) is 12.2. The van der Waals surface area contributed by atoms with Crippen LogP contribution in [0.4, 0.5) is 4.39 Å². The van der Waals surface area contributed by atoms with Gasteiger partial charge < -0.3 is 13.5 Å². The van der Waals surface area contributed by atoms with Crippen molar-refractivity contribution in [2.75, 3.05) is 7.11 Å². The summed E-state index contributed by atoms with van der Waals surface area (Å²) in [7, 11) is 1.42. The van der Waals surface area contributed by atoms with Gasteiger partial charge in [0.05, 0.1) is 31.2 Å². The summed E-state index contributed by atoms with van der Waals surface area (Å²) < 4.78 is 26.1. The van der Waals surface area contributed by atoms with E-state index >= 15 is 4.39 Å². The number of imidazole rings is 2. The molecule has 1 aliphatic rings. The number of Topliss-reactive ketones (excluding diaryl/α,β-unsaturated/α-hetero) is 1. The van der Waals surface area contributed by atoms with Crippen molar-refractivity contribution < 1.29 is 13.9 Å². The van der Waals surface area contributed by atoms with Gasteiger partial charge in [0.15, 0.2) is 17.3 Å². The van der Waals surface area contributed by atoms with Crippen LogP contribution in [0.25, 0.3) is 22.6 Å². The van der Waals surface area contributed by atoms with Gasteiger partial charge in [-0.15, -0.1) is 5.10 Å². The minimum Gasteiger partial charge on any atom is -0.494 e. The van der Waals surface area contributed by atoms with Gasteiger partial charge in [-0.25, -0.2) is 19.0 Å². The predicted octanol–water partition coefficient (Wildman–Crippen LogP) is 5.13. The predicted molar refractivity (Wildman–Crippen MR) is 146 cm³/mol. The minimum absolute atomic E-state index is 0.0570. The Morgan fingerprint density at radius 1 is 1.00 bits per heavy atom. The molecule has 5 aromatic heterocycles. The van der Waals surface area contributed by atoms with Gasteiger partial charge in [-0.1, -0.05) is 17.3 Å². The molecule has 0 saturated heterocycles. The molecule has 40 heavy (non-hydrogen) atoms. The molecule has 0 atom stereocenters. The van der Waals surface area contributed by atoms with Gasteiger partial charge in [0.25, 0.3) is 0 Å². The van der Waals surface area contributed by atoms with Crippen LogP contribution in [-0.2, 0) is 13.0 Å². The molecule has 1 saturated carbocycles. The molecule has 1 aromatic carbocycles. The van der Waals surface area contributed by atoms with E-state index in [2.05, 4.69) is 32.5 Å². The third kappa shape index (κ3) is 4.51. The minimum atomic E-state index is -0.495. The van der Waals surface area contributed by atoms with Crippen molar-refractivity contribution in [2.45, 2.75) is 38.1 Å². The van der Waals surface area contributed by atoms with E-state index in [0.29, 0.717) is 29.3 Å². The van der Waals surface area contributed by atoms with E-state index < -0.39 is 5.82 Å². The maximum atomic E-state index is 15.4. The SMILES string of the molecule is COc1ccc(-c2cn3ccccc3n2)c(CCC(=O)c2cn(Cc3cn4cc(C5CC5)ccc4n3)nn2)c1F. The number of pyridine rings is 2. The number of benzene rings is 1. The third-order valence-corrected chi connectivity index (χ3v) is 7.39. The average Bonchev–Trinajstić information content (AvgIpc) is 3.36. The summed E-state index contributed by atoms with van der Waals surface area (Å²) in [6, 6.07) is 13.2. The maximum absolute atomic E-state index is 15.4. The van der Waals surface area contributed by atoms with Gasteiger partial charge in [-0.2, -0.15) is 0 Å². The van der Waals surface area contributed by atoms with Crippen molar-refractivity contribution in [1.82, 2.24) is 33.8 Å². The van der Waals surface area contributed by atoms with Crippen LogP contribution in [0.2, 0.25) is 0 Å². The number of nitrogens with zero attached hydrogens (tertiary/aromatic N) is 7. The monoisotopic (exact) mass is 535 g/mol. The highest BCUT2D eigenvalue weighted by Gasteiger charge is 2.24. The second-order valence-electron chi connectivity index (χ2n) is 10.2. The lowest BCUT2D eigenvalue weighted by Gasteiger charge is -2.11. The van der Waals surface area contributed by atoms with Crippen LogP contribution >= 0.6 is 0 Å². The average molecular weight is 536 g/mol. The number of fused-ring (bicyclic) bond motifs is 2. The van der Waals surface area contributed by atoms with Crippen molar-refractivity contribution in [3.63, 3.8) is 0 Å². The van der Waals surface area contributed by atoms with Crippen molar-refractivity contribution in [3.8, 4) is 17.0 Å². The Balaban J connectivity index is 1.09. The molecule has 5 heterocycles. The molecule has 9 nitrogen and oxygen atoms in total. The largest absolute Gasteiger partial charge is 0.494 e. The smallest absolute Gasteiger partial charge is 0.185 e. The number of halogens is 1. The number of ketones is 1. The summed E-state index contributed by atoms with van der Waals surface area (Å²) in [6.45, 7) is 0.392. The molecule has 1 fully saturated rings. The van der Waals surface area contributed by atoms with E-state index in [9.17, 15) is 4.79 Å². The van der Waals surface area contributed by atoms with Crippen LogP contribution in [0.5, 0.6) is 5.75 Å². The lowest BCUT2D eigenvalue weighted by Crippen LogP contribution is -2.05. The molecule has 6 aromatic rings. The lowest BCUT2D eigenvalue weighted by atomic mass is 9.98. The summed E-state index contributed by atoms with van der Waals surface area (Å²) in [5, 5.41) is 8.22. The van der Waals surface area contributed by atoms with Crippen molar-refractivity contribution in [2.24, 2.45) is 0 Å². The molecular weight excluding hydrogens is 509 g/mol. The summed E-state index contributed by atoms with van der Waals surface area (Å²) in [5.74, 6) is 0.0708. The molecule has 10 heteroatoms. The zero-order valence-corrected chi connectivity index (χ0v) is 21.9. The van der Waals surface area contributed by atoms with Gasteiger partial charge in [-0.05, 0) is 61.1 Å². The number of carbonyl (C=O) groups is 1. The summed E-state index contributed by atoms with van der Waals surface area (Å²) >= 11 is 0. The Kier molecular flexibility index (Phi) is 5.87. The number of hydrogen-bond acceptors (Lipinski definition) is 6. The molecule has 1 aliphatic carbocycles. The molecule has 0 unspecified atom stereocenters. The van der Waals surface area contributed by atoms with Gasteiger partial charge in [-0.3, -0.25) is 4.79 Å². The second kappa shape index (κ2) is 9.71. The third-order valence-electron chi connectivity index (χ3n) is 7.39. The van der Waals surface area contributed by atoms with Crippen molar-refractivity contribution in [1.29, 1.82) is 0 Å². The van der Waals surface area contributed by atoms with E-state index in [-0.39, 0.29) is 30.1 Å². The first-order chi connectivity index (χ1) is 19.6. The quantitative estimate of drug-likeness (QED) is 0.239. The van der Waals surface area contributed by atoms with E-state index in [4.69, 9.17) is 4.74 Å². The highest BCUT2D eigenvalue weighted by atomic mass is 19.1. The van der Waals surface area contributed by atoms with Gasteiger partial charge in [0.1, 0.15) is 17.0 Å². The number of aromatic nitrogens is 7. The molecule has 200 valence electrons. The molecule has 0 aliphatic heterocycles. The molecule has 0 bridgehead atoms. The molecule has 0 amide bonds. The van der Waals surface area contributed by atoms with Crippen LogP contribution < -0.4 is 4.74 Å². The second-order valence-corrected chi connectivity index (χ2v) is 10.2. The van der Waals surface area contributed by atoms with Crippen molar-refractivity contribution in [3.05, 3.63) is 102 Å². The normalized spacial score (nSPS) is 13.3. The highest BCUT2D eigenvalue weighted by molar-refractivity contribution is 5.94. The Labute approximate surface area is 228 Å². The van der Waals surface area contributed by atoms with Gasteiger partial charge >= 0.3 is 0 Å². The fourth-order valence-electron chi connectivity index (χ4n) is 5.14. The number of carbonyl (C=O) groups excluding carboxylic acids is 1. The molecule has 0 radical (unpaired) electrons. The van der Waals surface area contributed by atoms with E-state index in [0.717, 1.165) is 17.0 Å². The molecule has 7 rings (SSSR count). The van der Waals surface area contributed by atoms with Gasteiger partial charge in [0.2, 0.25) is 0 Å². The van der Waals surface area contributed by atoms with Crippen LogP contribution in [0.3, 0.4) is 0 Å². The van der Waals surface area contributed by atoms with Crippen molar-refractivity contribution >= 4 is 17.1 Å². The molecule has 0 N–H and O–H groups in total. The van der Waals surface area contributed by atoms with E-state index in [1.165, 1.54) is 25.5 Å². The van der Waals surface area contributed by atoms with E-state index in [1.54, 1.807) is 23.0 Å². The number of rotatable bonds is 9. The topological polar surface area (TPSA) is 91.6 Å². The van der Waals surface area contributed by atoms with Gasteiger partial charge in [0, 0.05) is 42.3 Å². The fourth-order valence-corrected chi connectivity index (χ4v) is 5.14. The Morgan fingerprint density at radius 2 is 1.88 bits per heavy atom. The standard InChI is InChI=1S/C30H26FN7O2/c1-40-27-11-9-22(24-17-36-13-3-2-4-28(36)33-24)23(30(27)31)8-10-26(39)25-18-38(35-34-25)16-21-15-37-14-20(19-5-6-19)7-12-29(37)32-21/h2-4,7,9,11-15,17-19H,5-6,8,10,16H2,1H3. The van der Waals surface area contributed by atoms with Crippen LogP contribution in [-0.4, -0.2) is 46.7 Å². The Bertz CT molecular complexity index is 1850. The Morgan fingerprint density at radius 3 is 2.70 bits per heavy atom. The van der Waals surface area contributed by atoms with Crippen LogP contribution in [0.15, 0.2) is 73.4 Å². The molecule has 0 spiro atoms. The maximum Gasteiger partial charge on any atom is 0.185 e. The number of methoxy groups -OCH3 is 1. The first-order valence-electron chi connectivity index (χ1n) is 13.3. The number of ether oxygens (including phenoxy) is 1.